The van der Waals surface area contributed by atoms with Crippen LogP contribution < -0.4 is 9.47 Å². The van der Waals surface area contributed by atoms with Crippen LogP contribution in [0.1, 0.15) is 10.5 Å². The number of hydrogen-bond donors (Lipinski definition) is 0. The number of amides is 1. The van der Waals surface area contributed by atoms with Gasteiger partial charge in [-0.1, -0.05) is 0 Å². The SMILES string of the molecule is COc1ccc(-c2nc(C(=O)N3CCOCC3)cs2)cc1OC. The summed E-state index contributed by atoms with van der Waals surface area (Å²) in [5, 5.41) is 2.58. The first-order valence-corrected chi connectivity index (χ1v) is 8.16. The summed E-state index contributed by atoms with van der Waals surface area (Å²) in [7, 11) is 3.19. The minimum atomic E-state index is -0.0451. The van der Waals surface area contributed by atoms with Crippen LogP contribution in [0, 0.1) is 0 Å². The zero-order valence-electron chi connectivity index (χ0n) is 13.1. The summed E-state index contributed by atoms with van der Waals surface area (Å²) in [6.45, 7) is 2.39. The van der Waals surface area contributed by atoms with Crippen LogP contribution in [0.25, 0.3) is 10.6 Å². The molecular formula is C16H18N2O4S. The Morgan fingerprint density at radius 3 is 2.65 bits per heavy atom. The van der Waals surface area contributed by atoms with Gasteiger partial charge in [0.15, 0.2) is 11.5 Å². The van der Waals surface area contributed by atoms with Gasteiger partial charge >= 0.3 is 0 Å². The van der Waals surface area contributed by atoms with Gasteiger partial charge in [-0.2, -0.15) is 0 Å². The molecule has 0 N–H and O–H groups in total. The van der Waals surface area contributed by atoms with Crippen molar-refractivity contribution in [2.45, 2.75) is 0 Å². The van der Waals surface area contributed by atoms with Crippen molar-refractivity contribution in [3.05, 3.63) is 29.3 Å². The van der Waals surface area contributed by atoms with Crippen molar-refractivity contribution in [2.24, 2.45) is 0 Å². The van der Waals surface area contributed by atoms with Crippen LogP contribution in [0.3, 0.4) is 0 Å². The normalized spacial score (nSPS) is 14.6. The minimum Gasteiger partial charge on any atom is -0.493 e. The van der Waals surface area contributed by atoms with Crippen molar-refractivity contribution in [1.82, 2.24) is 9.88 Å². The lowest BCUT2D eigenvalue weighted by atomic mass is 10.2. The van der Waals surface area contributed by atoms with E-state index in [0.717, 1.165) is 10.6 Å². The van der Waals surface area contributed by atoms with E-state index in [2.05, 4.69) is 4.98 Å². The molecule has 1 aromatic carbocycles. The molecule has 0 bridgehead atoms. The Kier molecular flexibility index (Phi) is 4.78. The molecule has 3 rings (SSSR count). The molecule has 6 nitrogen and oxygen atoms in total. The maximum Gasteiger partial charge on any atom is 0.273 e. The van der Waals surface area contributed by atoms with Gasteiger partial charge in [-0.25, -0.2) is 4.98 Å². The lowest BCUT2D eigenvalue weighted by Gasteiger charge is -2.25. The fourth-order valence-corrected chi connectivity index (χ4v) is 3.19. The van der Waals surface area contributed by atoms with Crippen LogP contribution in [-0.2, 0) is 4.74 Å². The number of ether oxygens (including phenoxy) is 3. The van der Waals surface area contributed by atoms with Crippen molar-refractivity contribution < 1.29 is 19.0 Å². The topological polar surface area (TPSA) is 60.9 Å². The van der Waals surface area contributed by atoms with E-state index >= 15 is 0 Å². The largest absolute Gasteiger partial charge is 0.493 e. The Bertz CT molecular complexity index is 695. The van der Waals surface area contributed by atoms with Crippen LogP contribution in [-0.4, -0.2) is 56.3 Å². The quantitative estimate of drug-likeness (QED) is 0.858. The number of hydrogen-bond acceptors (Lipinski definition) is 6. The van der Waals surface area contributed by atoms with E-state index in [1.54, 1.807) is 24.5 Å². The number of carbonyl (C=O) groups excluding carboxylic acids is 1. The molecule has 1 aliphatic heterocycles. The Morgan fingerprint density at radius 1 is 1.22 bits per heavy atom. The molecule has 0 unspecified atom stereocenters. The summed E-state index contributed by atoms with van der Waals surface area (Å²) in [6, 6.07) is 5.60. The third-order valence-electron chi connectivity index (χ3n) is 3.65. The summed E-state index contributed by atoms with van der Waals surface area (Å²) < 4.78 is 15.8. The average molecular weight is 334 g/mol. The minimum absolute atomic E-state index is 0.0451. The van der Waals surface area contributed by atoms with E-state index in [1.165, 1.54) is 11.3 Å². The van der Waals surface area contributed by atoms with Gasteiger partial charge in [-0.05, 0) is 18.2 Å². The molecule has 122 valence electrons. The van der Waals surface area contributed by atoms with Crippen LogP contribution in [0.5, 0.6) is 11.5 Å². The Hall–Kier alpha value is -2.12. The maximum absolute atomic E-state index is 12.4. The molecule has 2 aromatic rings. The molecule has 0 saturated carbocycles. The lowest BCUT2D eigenvalue weighted by molar-refractivity contribution is 0.0299. The third-order valence-corrected chi connectivity index (χ3v) is 4.54. The highest BCUT2D eigenvalue weighted by molar-refractivity contribution is 7.13. The molecule has 0 spiro atoms. The number of thiazole rings is 1. The van der Waals surface area contributed by atoms with E-state index in [-0.39, 0.29) is 5.91 Å². The number of morpholine rings is 1. The second-order valence-electron chi connectivity index (χ2n) is 5.01. The molecule has 0 atom stereocenters. The molecule has 2 heterocycles. The first-order valence-electron chi connectivity index (χ1n) is 7.28. The summed E-state index contributed by atoms with van der Waals surface area (Å²) in [5.74, 6) is 1.26. The average Bonchev–Trinajstić information content (AvgIpc) is 3.11. The van der Waals surface area contributed by atoms with Crippen LogP contribution in [0.2, 0.25) is 0 Å². The van der Waals surface area contributed by atoms with Crippen LogP contribution in [0.4, 0.5) is 0 Å². The van der Waals surface area contributed by atoms with Crippen molar-refractivity contribution >= 4 is 17.2 Å². The van der Waals surface area contributed by atoms with Gasteiger partial charge < -0.3 is 19.1 Å². The van der Waals surface area contributed by atoms with Crippen LogP contribution >= 0.6 is 11.3 Å². The summed E-state index contributed by atoms with van der Waals surface area (Å²) in [6.07, 6.45) is 0. The number of rotatable bonds is 4. The molecule has 1 aromatic heterocycles. The van der Waals surface area contributed by atoms with Crippen LogP contribution in [0.15, 0.2) is 23.6 Å². The highest BCUT2D eigenvalue weighted by atomic mass is 32.1. The molecular weight excluding hydrogens is 316 g/mol. The third kappa shape index (κ3) is 3.30. The molecule has 1 fully saturated rings. The van der Waals surface area contributed by atoms with Gasteiger partial charge in [-0.3, -0.25) is 4.79 Å². The first-order chi connectivity index (χ1) is 11.2. The second-order valence-corrected chi connectivity index (χ2v) is 5.87. The maximum atomic E-state index is 12.4. The molecule has 1 aliphatic rings. The molecule has 0 aliphatic carbocycles. The molecule has 1 saturated heterocycles. The summed E-state index contributed by atoms with van der Waals surface area (Å²) in [4.78, 5) is 18.7. The zero-order chi connectivity index (χ0) is 16.2. The van der Waals surface area contributed by atoms with E-state index in [1.807, 2.05) is 18.2 Å². The van der Waals surface area contributed by atoms with Gasteiger partial charge in [-0.15, -0.1) is 11.3 Å². The van der Waals surface area contributed by atoms with Gasteiger partial charge in [0.25, 0.3) is 5.91 Å². The van der Waals surface area contributed by atoms with E-state index < -0.39 is 0 Å². The first kappa shape index (κ1) is 15.8. The molecule has 23 heavy (non-hydrogen) atoms. The molecule has 0 radical (unpaired) electrons. The van der Waals surface area contributed by atoms with E-state index in [4.69, 9.17) is 14.2 Å². The summed E-state index contributed by atoms with van der Waals surface area (Å²) in [5.41, 5.74) is 1.37. The van der Waals surface area contributed by atoms with Gasteiger partial charge in [0.1, 0.15) is 10.7 Å². The van der Waals surface area contributed by atoms with Crippen molar-refractivity contribution in [3.63, 3.8) is 0 Å². The zero-order valence-corrected chi connectivity index (χ0v) is 13.9. The van der Waals surface area contributed by atoms with Gasteiger partial charge in [0.2, 0.25) is 0 Å². The Labute approximate surface area is 138 Å². The number of aromatic nitrogens is 1. The number of nitrogens with zero attached hydrogens (tertiary/aromatic N) is 2. The van der Waals surface area contributed by atoms with Gasteiger partial charge in [0.05, 0.1) is 27.4 Å². The molecule has 1 amide bonds. The molecule has 7 heteroatoms. The number of carbonyl (C=O) groups is 1. The van der Waals surface area contributed by atoms with Crippen molar-refractivity contribution in [1.29, 1.82) is 0 Å². The van der Waals surface area contributed by atoms with E-state index in [0.29, 0.717) is 43.5 Å². The Balaban J connectivity index is 1.82. The predicted octanol–water partition coefficient (Wildman–Crippen LogP) is 2.30. The highest BCUT2D eigenvalue weighted by Crippen LogP contribution is 2.33. The predicted molar refractivity (Wildman–Crippen MR) is 87.4 cm³/mol. The second kappa shape index (κ2) is 6.97. The Morgan fingerprint density at radius 2 is 1.96 bits per heavy atom. The van der Waals surface area contributed by atoms with E-state index in [9.17, 15) is 4.79 Å². The van der Waals surface area contributed by atoms with Crippen molar-refractivity contribution in [3.8, 4) is 22.1 Å². The highest BCUT2D eigenvalue weighted by Gasteiger charge is 2.21. The fourth-order valence-electron chi connectivity index (χ4n) is 2.40. The monoisotopic (exact) mass is 334 g/mol. The number of benzene rings is 1. The summed E-state index contributed by atoms with van der Waals surface area (Å²) >= 11 is 1.44. The lowest BCUT2D eigenvalue weighted by Crippen LogP contribution is -2.40. The van der Waals surface area contributed by atoms with Crippen molar-refractivity contribution in [2.75, 3.05) is 40.5 Å². The smallest absolute Gasteiger partial charge is 0.273 e. The number of methoxy groups -OCH3 is 2. The standard InChI is InChI=1S/C16H18N2O4S/c1-20-13-4-3-11(9-14(13)21-2)15-17-12(10-23-15)16(19)18-5-7-22-8-6-18/h3-4,9-10H,5-8H2,1-2H3. The van der Waals surface area contributed by atoms with Gasteiger partial charge in [0, 0.05) is 24.0 Å². The fraction of sp³-hybridized carbons (Fsp3) is 0.375.